The van der Waals surface area contributed by atoms with Gasteiger partial charge >= 0.3 is 0 Å². The summed E-state index contributed by atoms with van der Waals surface area (Å²) >= 11 is 0. The fourth-order valence-corrected chi connectivity index (χ4v) is 7.43. The van der Waals surface area contributed by atoms with E-state index in [9.17, 15) is 0 Å². The number of benzene rings is 9. The van der Waals surface area contributed by atoms with Crippen LogP contribution in [0.2, 0.25) is 0 Å². The summed E-state index contributed by atoms with van der Waals surface area (Å²) in [6.07, 6.45) is 0. The third-order valence-corrected chi connectivity index (χ3v) is 10.0. The van der Waals surface area contributed by atoms with E-state index in [0.717, 1.165) is 55.6 Å². The van der Waals surface area contributed by atoms with Crippen molar-refractivity contribution in [3.63, 3.8) is 0 Å². The number of nitrogens with zero attached hydrogens (tertiary/aromatic N) is 2. The van der Waals surface area contributed by atoms with Gasteiger partial charge in [-0.25, -0.2) is 4.98 Å². The summed E-state index contributed by atoms with van der Waals surface area (Å²) in [7, 11) is 0. The molecule has 10 aromatic rings. The van der Waals surface area contributed by atoms with Crippen molar-refractivity contribution in [1.82, 2.24) is 4.98 Å². The molecule has 0 radical (unpaired) electrons. The predicted molar refractivity (Wildman–Crippen MR) is 218 cm³/mol. The quantitative estimate of drug-likeness (QED) is 0.177. The Labute approximate surface area is 301 Å². The van der Waals surface area contributed by atoms with Crippen LogP contribution in [0.4, 0.5) is 17.1 Å². The van der Waals surface area contributed by atoms with E-state index in [-0.39, 0.29) is 0 Å². The summed E-state index contributed by atoms with van der Waals surface area (Å²) in [6.45, 7) is 0. The molecule has 0 amide bonds. The molecule has 0 N–H and O–H groups in total. The van der Waals surface area contributed by atoms with Gasteiger partial charge in [0.25, 0.3) is 0 Å². The molecule has 0 aliphatic rings. The second-order valence-corrected chi connectivity index (χ2v) is 13.2. The second-order valence-electron chi connectivity index (χ2n) is 13.2. The van der Waals surface area contributed by atoms with Crippen molar-refractivity contribution in [2.75, 3.05) is 4.90 Å². The van der Waals surface area contributed by atoms with Crippen molar-refractivity contribution in [2.24, 2.45) is 0 Å². The van der Waals surface area contributed by atoms with E-state index >= 15 is 0 Å². The summed E-state index contributed by atoms with van der Waals surface area (Å²) in [6, 6.07) is 68.9. The van der Waals surface area contributed by atoms with Crippen LogP contribution in [0, 0.1) is 0 Å². The number of rotatable bonds is 6. The van der Waals surface area contributed by atoms with E-state index in [1.807, 2.05) is 36.4 Å². The lowest BCUT2D eigenvalue weighted by atomic mass is 9.97. The van der Waals surface area contributed by atoms with Gasteiger partial charge in [0, 0.05) is 28.0 Å². The number of aromatic nitrogens is 1. The maximum atomic E-state index is 6.37. The first kappa shape index (κ1) is 29.9. The maximum absolute atomic E-state index is 6.37. The molecule has 10 rings (SSSR count). The Kier molecular flexibility index (Phi) is 7.14. The molecule has 0 atom stereocenters. The van der Waals surface area contributed by atoms with E-state index < -0.39 is 0 Å². The number of hydrogen-bond donors (Lipinski definition) is 0. The Morgan fingerprint density at radius 1 is 0.365 bits per heavy atom. The molecule has 0 saturated carbocycles. The minimum atomic E-state index is 0.639. The number of anilines is 3. The van der Waals surface area contributed by atoms with Gasteiger partial charge in [-0.1, -0.05) is 127 Å². The zero-order valence-corrected chi connectivity index (χ0v) is 28.3. The lowest BCUT2D eigenvalue weighted by Crippen LogP contribution is -2.09. The highest BCUT2D eigenvalue weighted by Crippen LogP contribution is 2.39. The van der Waals surface area contributed by atoms with Gasteiger partial charge in [-0.2, -0.15) is 0 Å². The average molecular weight is 665 g/mol. The van der Waals surface area contributed by atoms with Crippen LogP contribution < -0.4 is 4.90 Å². The summed E-state index contributed by atoms with van der Waals surface area (Å²) in [5, 5.41) is 7.07. The van der Waals surface area contributed by atoms with Gasteiger partial charge < -0.3 is 9.32 Å². The van der Waals surface area contributed by atoms with Crippen LogP contribution >= 0.6 is 0 Å². The predicted octanol–water partition coefficient (Wildman–Crippen LogP) is 13.8. The molecule has 3 heteroatoms. The SMILES string of the molecule is c1ccc(-c2nc3ccc4ccc(-c5ccc6cc(N(c7ccccc7)c7ccc(-c8cccc9ccccc89)cc7)ccc6c5)cc4c3o2)cc1. The molecular formula is C49H32N2O. The number of fused-ring (bicyclic) bond motifs is 5. The van der Waals surface area contributed by atoms with Crippen LogP contribution in [0.1, 0.15) is 0 Å². The van der Waals surface area contributed by atoms with Gasteiger partial charge in [0.1, 0.15) is 5.52 Å². The molecule has 9 aromatic carbocycles. The Bertz CT molecular complexity index is 2890. The molecule has 1 heterocycles. The van der Waals surface area contributed by atoms with Crippen LogP contribution in [0.5, 0.6) is 0 Å². The standard InChI is InChI=1S/C49H32N2O/c1-3-11-36(12-4-1)49-50-47-29-25-35-18-19-40(32-46(35)48(47)52-49)37-20-21-39-31-43(28-24-38(39)30-37)51(41-14-5-2-6-15-41)42-26-22-34(23-27-42)45-17-9-13-33-10-7-8-16-44(33)45/h1-32H. The monoisotopic (exact) mass is 664 g/mol. The summed E-state index contributed by atoms with van der Waals surface area (Å²) in [5.41, 5.74) is 10.7. The normalized spacial score (nSPS) is 11.5. The third-order valence-electron chi connectivity index (χ3n) is 10.0. The molecule has 1 aromatic heterocycles. The van der Waals surface area contributed by atoms with Crippen molar-refractivity contribution >= 4 is 60.5 Å². The van der Waals surface area contributed by atoms with Crippen molar-refractivity contribution in [3.8, 4) is 33.7 Å². The topological polar surface area (TPSA) is 29.3 Å². The summed E-state index contributed by atoms with van der Waals surface area (Å²) in [4.78, 5) is 7.13. The summed E-state index contributed by atoms with van der Waals surface area (Å²) < 4.78 is 6.37. The van der Waals surface area contributed by atoms with Gasteiger partial charge in [0.2, 0.25) is 5.89 Å². The Hall–Kier alpha value is -6.97. The molecule has 244 valence electrons. The lowest BCUT2D eigenvalue weighted by Gasteiger charge is -2.26. The first-order valence-corrected chi connectivity index (χ1v) is 17.6. The van der Waals surface area contributed by atoms with Gasteiger partial charge in [0.05, 0.1) is 0 Å². The second kappa shape index (κ2) is 12.4. The minimum Gasteiger partial charge on any atom is -0.435 e. The van der Waals surface area contributed by atoms with E-state index in [0.29, 0.717) is 5.89 Å². The van der Waals surface area contributed by atoms with Crippen molar-refractivity contribution in [2.45, 2.75) is 0 Å². The highest BCUT2D eigenvalue weighted by atomic mass is 16.3. The van der Waals surface area contributed by atoms with Crippen LogP contribution in [0.25, 0.3) is 77.1 Å². The number of hydrogen-bond acceptors (Lipinski definition) is 3. The molecule has 0 aliphatic carbocycles. The third kappa shape index (κ3) is 5.28. The van der Waals surface area contributed by atoms with E-state index in [1.165, 1.54) is 32.7 Å². The van der Waals surface area contributed by atoms with Crippen LogP contribution in [0.3, 0.4) is 0 Å². The van der Waals surface area contributed by atoms with E-state index in [4.69, 9.17) is 9.40 Å². The minimum absolute atomic E-state index is 0.639. The van der Waals surface area contributed by atoms with Crippen LogP contribution in [0.15, 0.2) is 199 Å². The van der Waals surface area contributed by atoms with Crippen molar-refractivity contribution in [3.05, 3.63) is 194 Å². The molecule has 0 saturated heterocycles. The molecule has 3 nitrogen and oxygen atoms in total. The Morgan fingerprint density at radius 2 is 0.962 bits per heavy atom. The smallest absolute Gasteiger partial charge is 0.227 e. The molecular weight excluding hydrogens is 633 g/mol. The molecule has 0 fully saturated rings. The molecule has 52 heavy (non-hydrogen) atoms. The Morgan fingerprint density at radius 3 is 1.81 bits per heavy atom. The molecule has 0 aliphatic heterocycles. The van der Waals surface area contributed by atoms with Gasteiger partial charge in [-0.05, 0) is 116 Å². The maximum Gasteiger partial charge on any atom is 0.227 e. The first-order chi connectivity index (χ1) is 25.7. The molecule has 0 spiro atoms. The van der Waals surface area contributed by atoms with Crippen LogP contribution in [-0.2, 0) is 0 Å². The molecule has 0 unspecified atom stereocenters. The van der Waals surface area contributed by atoms with Crippen LogP contribution in [-0.4, -0.2) is 4.98 Å². The van der Waals surface area contributed by atoms with Crippen molar-refractivity contribution in [1.29, 1.82) is 0 Å². The highest BCUT2D eigenvalue weighted by Gasteiger charge is 2.15. The zero-order chi connectivity index (χ0) is 34.4. The fourth-order valence-electron chi connectivity index (χ4n) is 7.43. The highest BCUT2D eigenvalue weighted by molar-refractivity contribution is 6.05. The van der Waals surface area contributed by atoms with E-state index in [2.05, 4.69) is 163 Å². The summed E-state index contributed by atoms with van der Waals surface area (Å²) in [5.74, 6) is 0.639. The Balaban J connectivity index is 1.01. The number of oxazole rings is 1. The largest absolute Gasteiger partial charge is 0.435 e. The van der Waals surface area contributed by atoms with Gasteiger partial charge in [-0.3, -0.25) is 0 Å². The van der Waals surface area contributed by atoms with E-state index in [1.54, 1.807) is 0 Å². The molecule has 0 bridgehead atoms. The van der Waals surface area contributed by atoms with Gasteiger partial charge in [-0.15, -0.1) is 0 Å². The fraction of sp³-hybridized carbons (Fsp3) is 0. The number of para-hydroxylation sites is 1. The van der Waals surface area contributed by atoms with Crippen molar-refractivity contribution < 1.29 is 4.42 Å². The van der Waals surface area contributed by atoms with Gasteiger partial charge in [0.15, 0.2) is 5.58 Å². The first-order valence-electron chi connectivity index (χ1n) is 17.6. The lowest BCUT2D eigenvalue weighted by molar-refractivity contribution is 0.623. The zero-order valence-electron chi connectivity index (χ0n) is 28.3. The average Bonchev–Trinajstić information content (AvgIpc) is 3.67.